The third-order valence-corrected chi connectivity index (χ3v) is 2.84. The summed E-state index contributed by atoms with van der Waals surface area (Å²) in [6.07, 6.45) is 0. The molecule has 0 amide bonds. The van der Waals surface area contributed by atoms with Crippen LogP contribution in [0.25, 0.3) is 10.9 Å². The summed E-state index contributed by atoms with van der Waals surface area (Å²) < 4.78 is 5.39. The predicted octanol–water partition coefficient (Wildman–Crippen LogP) is 2.83. The molecule has 1 aromatic carbocycles. The molecule has 0 saturated carbocycles. The largest absolute Gasteiger partial charge is 0.464 e. The minimum absolute atomic E-state index is 0.0137. The van der Waals surface area contributed by atoms with Gasteiger partial charge in [-0.15, -0.1) is 0 Å². The summed E-state index contributed by atoms with van der Waals surface area (Å²) in [6.45, 7) is 0. The molecule has 0 saturated heterocycles. The van der Waals surface area contributed by atoms with E-state index >= 15 is 0 Å². The first kappa shape index (κ1) is 11.3. The molecule has 0 bridgehead atoms. The van der Waals surface area contributed by atoms with Gasteiger partial charge in [-0.05, 0) is 33.6 Å². The summed E-state index contributed by atoms with van der Waals surface area (Å²) in [5.74, 6) is -0.535. The number of esters is 1. The van der Waals surface area contributed by atoms with E-state index in [4.69, 9.17) is 11.6 Å². The van der Waals surface area contributed by atoms with Crippen molar-refractivity contribution in [1.29, 1.82) is 0 Å². The second-order valence-electron chi connectivity index (χ2n) is 2.97. The quantitative estimate of drug-likeness (QED) is 0.600. The van der Waals surface area contributed by atoms with Crippen molar-refractivity contribution in [2.45, 2.75) is 0 Å². The van der Waals surface area contributed by atoms with Crippen molar-refractivity contribution in [3.8, 4) is 0 Å². The molecule has 2 rings (SSSR count). The van der Waals surface area contributed by atoms with E-state index in [9.17, 15) is 4.79 Å². The molecule has 0 aliphatic heterocycles. The summed E-state index contributed by atoms with van der Waals surface area (Å²) >= 11 is 9.08. The molecule has 0 unspecified atom stereocenters. The van der Waals surface area contributed by atoms with Crippen molar-refractivity contribution in [2.75, 3.05) is 7.11 Å². The molecular weight excluding hydrogens is 295 g/mol. The molecular formula is C10H6BrClN2O2. The second-order valence-corrected chi connectivity index (χ2v) is 4.16. The van der Waals surface area contributed by atoms with Gasteiger partial charge in [-0.25, -0.2) is 14.8 Å². The maximum Gasteiger partial charge on any atom is 0.357 e. The molecule has 82 valence electrons. The summed E-state index contributed by atoms with van der Waals surface area (Å²) in [6, 6.07) is 5.34. The zero-order chi connectivity index (χ0) is 11.7. The van der Waals surface area contributed by atoms with Crippen LogP contribution in [0.2, 0.25) is 5.28 Å². The van der Waals surface area contributed by atoms with Crippen molar-refractivity contribution in [3.05, 3.63) is 33.6 Å². The van der Waals surface area contributed by atoms with E-state index in [0.29, 0.717) is 10.9 Å². The van der Waals surface area contributed by atoms with Gasteiger partial charge < -0.3 is 4.74 Å². The fourth-order valence-corrected chi connectivity index (χ4v) is 1.97. The summed E-state index contributed by atoms with van der Waals surface area (Å²) in [5.41, 5.74) is 0.752. The number of carbonyl (C=O) groups excluding carboxylic acids is 1. The van der Waals surface area contributed by atoms with Gasteiger partial charge in [0.15, 0.2) is 5.69 Å². The van der Waals surface area contributed by atoms with Gasteiger partial charge in [0.1, 0.15) is 0 Å². The summed E-state index contributed by atoms with van der Waals surface area (Å²) in [5, 5.41) is 0.616. The van der Waals surface area contributed by atoms with Gasteiger partial charge in [-0.2, -0.15) is 0 Å². The lowest BCUT2D eigenvalue weighted by molar-refractivity contribution is 0.0596. The van der Waals surface area contributed by atoms with E-state index in [1.807, 2.05) is 6.07 Å². The SMILES string of the molecule is COC(=O)c1nc(Cl)nc2c(Br)cccc12. The predicted molar refractivity (Wildman–Crippen MR) is 63.6 cm³/mol. The van der Waals surface area contributed by atoms with E-state index in [0.717, 1.165) is 4.47 Å². The lowest BCUT2D eigenvalue weighted by atomic mass is 10.2. The monoisotopic (exact) mass is 300 g/mol. The number of benzene rings is 1. The van der Waals surface area contributed by atoms with Crippen LogP contribution in [0.4, 0.5) is 0 Å². The summed E-state index contributed by atoms with van der Waals surface area (Å²) in [4.78, 5) is 19.4. The van der Waals surface area contributed by atoms with E-state index in [1.54, 1.807) is 12.1 Å². The molecule has 0 spiro atoms. The van der Waals surface area contributed by atoms with Crippen molar-refractivity contribution in [2.24, 2.45) is 0 Å². The average Bonchev–Trinajstić information content (AvgIpc) is 2.28. The third-order valence-electron chi connectivity index (χ3n) is 2.03. The number of rotatable bonds is 1. The number of ether oxygens (including phenoxy) is 1. The standard InChI is InChI=1S/C10H6BrClN2O2/c1-16-9(15)8-5-3-2-4-6(11)7(5)13-10(12)14-8/h2-4H,1H3. The van der Waals surface area contributed by atoms with Crippen LogP contribution in [-0.2, 0) is 4.74 Å². The van der Waals surface area contributed by atoms with Crippen LogP contribution in [0, 0.1) is 0 Å². The number of para-hydroxylation sites is 1. The molecule has 0 N–H and O–H groups in total. The Morgan fingerprint density at radius 3 is 2.88 bits per heavy atom. The molecule has 0 fully saturated rings. The summed E-state index contributed by atoms with van der Waals surface area (Å²) in [7, 11) is 1.29. The number of halogens is 2. The van der Waals surface area contributed by atoms with Crippen molar-refractivity contribution >= 4 is 44.4 Å². The Bertz CT molecular complexity index is 574. The van der Waals surface area contributed by atoms with E-state index in [-0.39, 0.29) is 11.0 Å². The first-order chi connectivity index (χ1) is 7.63. The van der Waals surface area contributed by atoms with Gasteiger partial charge in [-0.1, -0.05) is 12.1 Å². The second kappa shape index (κ2) is 4.35. The van der Waals surface area contributed by atoms with Crippen molar-refractivity contribution < 1.29 is 9.53 Å². The lowest BCUT2D eigenvalue weighted by Crippen LogP contribution is -2.06. The highest BCUT2D eigenvalue weighted by atomic mass is 79.9. The number of nitrogens with zero attached hydrogens (tertiary/aromatic N) is 2. The first-order valence-corrected chi connectivity index (χ1v) is 5.50. The lowest BCUT2D eigenvalue weighted by Gasteiger charge is -2.05. The Balaban J connectivity index is 2.83. The van der Waals surface area contributed by atoms with Gasteiger partial charge in [-0.3, -0.25) is 0 Å². The van der Waals surface area contributed by atoms with Crippen molar-refractivity contribution in [3.63, 3.8) is 0 Å². The van der Waals surface area contributed by atoms with Gasteiger partial charge in [0.05, 0.1) is 12.6 Å². The highest BCUT2D eigenvalue weighted by molar-refractivity contribution is 9.10. The molecule has 1 heterocycles. The van der Waals surface area contributed by atoms with Crippen LogP contribution < -0.4 is 0 Å². The van der Waals surface area contributed by atoms with Gasteiger partial charge in [0.25, 0.3) is 0 Å². The number of fused-ring (bicyclic) bond motifs is 1. The van der Waals surface area contributed by atoms with E-state index in [1.165, 1.54) is 7.11 Å². The normalized spacial score (nSPS) is 10.4. The number of carbonyl (C=O) groups is 1. The first-order valence-electron chi connectivity index (χ1n) is 4.33. The molecule has 2 aromatic rings. The average molecular weight is 302 g/mol. The fourth-order valence-electron chi connectivity index (χ4n) is 1.34. The Morgan fingerprint density at radius 2 is 2.19 bits per heavy atom. The van der Waals surface area contributed by atoms with Crippen LogP contribution in [-0.4, -0.2) is 23.0 Å². The minimum atomic E-state index is -0.535. The Labute approximate surface area is 105 Å². The minimum Gasteiger partial charge on any atom is -0.464 e. The fraction of sp³-hybridized carbons (Fsp3) is 0.100. The molecule has 0 atom stereocenters. The van der Waals surface area contributed by atoms with Gasteiger partial charge in [0.2, 0.25) is 5.28 Å². The van der Waals surface area contributed by atoms with Gasteiger partial charge in [0, 0.05) is 9.86 Å². The maximum absolute atomic E-state index is 11.5. The van der Waals surface area contributed by atoms with Crippen LogP contribution in [0.15, 0.2) is 22.7 Å². The molecule has 1 aromatic heterocycles. The Kier molecular flexibility index (Phi) is 3.07. The maximum atomic E-state index is 11.5. The van der Waals surface area contributed by atoms with Crippen LogP contribution in [0.5, 0.6) is 0 Å². The van der Waals surface area contributed by atoms with Crippen LogP contribution >= 0.6 is 27.5 Å². The van der Waals surface area contributed by atoms with E-state index < -0.39 is 5.97 Å². The number of hydrogen-bond donors (Lipinski definition) is 0. The Morgan fingerprint density at radius 1 is 1.44 bits per heavy atom. The molecule has 0 radical (unpaired) electrons. The van der Waals surface area contributed by atoms with Crippen molar-refractivity contribution in [1.82, 2.24) is 9.97 Å². The van der Waals surface area contributed by atoms with Gasteiger partial charge >= 0.3 is 5.97 Å². The third kappa shape index (κ3) is 1.88. The topological polar surface area (TPSA) is 52.1 Å². The van der Waals surface area contributed by atoms with E-state index in [2.05, 4.69) is 30.6 Å². The molecule has 0 aliphatic carbocycles. The molecule has 0 aliphatic rings. The number of hydrogen-bond acceptors (Lipinski definition) is 4. The Hall–Kier alpha value is -1.20. The smallest absolute Gasteiger partial charge is 0.357 e. The zero-order valence-corrected chi connectivity index (χ0v) is 10.5. The molecule has 4 nitrogen and oxygen atoms in total. The molecule has 6 heteroatoms. The highest BCUT2D eigenvalue weighted by Crippen LogP contribution is 2.25. The van der Waals surface area contributed by atoms with Crippen LogP contribution in [0.3, 0.4) is 0 Å². The van der Waals surface area contributed by atoms with Crippen LogP contribution in [0.1, 0.15) is 10.5 Å². The zero-order valence-electron chi connectivity index (χ0n) is 8.20. The number of methoxy groups -OCH3 is 1. The number of aromatic nitrogens is 2. The molecule has 16 heavy (non-hydrogen) atoms. The highest BCUT2D eigenvalue weighted by Gasteiger charge is 2.15.